The quantitative estimate of drug-likeness (QED) is 0.896. The van der Waals surface area contributed by atoms with Crippen molar-refractivity contribution in [2.45, 2.75) is 58.9 Å². The third-order valence-electron chi connectivity index (χ3n) is 3.84. The lowest BCUT2D eigenvalue weighted by Gasteiger charge is -2.15. The monoisotopic (exact) mass is 252 g/mol. The van der Waals surface area contributed by atoms with Gasteiger partial charge in [-0.15, -0.1) is 11.3 Å². The zero-order valence-corrected chi connectivity index (χ0v) is 12.4. The zero-order chi connectivity index (χ0) is 12.8. The number of rotatable bonds is 3. The highest BCUT2D eigenvalue weighted by Gasteiger charge is 2.48. The first-order chi connectivity index (χ1) is 7.70. The summed E-state index contributed by atoms with van der Waals surface area (Å²) in [7, 11) is 0. The Morgan fingerprint density at radius 1 is 1.53 bits per heavy atom. The maximum atomic E-state index is 6.27. The maximum Gasteiger partial charge on any atom is 0.0944 e. The van der Waals surface area contributed by atoms with Gasteiger partial charge in [0.2, 0.25) is 0 Å². The number of hydrogen-bond acceptors (Lipinski definition) is 3. The molecule has 0 aliphatic heterocycles. The Labute approximate surface area is 109 Å². The average molecular weight is 252 g/mol. The first-order valence-electron chi connectivity index (χ1n) is 6.40. The summed E-state index contributed by atoms with van der Waals surface area (Å²) in [5, 5.41) is 3.38. The van der Waals surface area contributed by atoms with Gasteiger partial charge in [-0.25, -0.2) is 4.98 Å². The lowest BCUT2D eigenvalue weighted by Crippen LogP contribution is -2.27. The molecular weight excluding hydrogens is 228 g/mol. The second-order valence-electron chi connectivity index (χ2n) is 7.04. The van der Waals surface area contributed by atoms with Gasteiger partial charge in [0.15, 0.2) is 0 Å². The Balaban J connectivity index is 1.98. The van der Waals surface area contributed by atoms with E-state index < -0.39 is 0 Å². The predicted molar refractivity (Wildman–Crippen MR) is 74.4 cm³/mol. The smallest absolute Gasteiger partial charge is 0.0944 e. The Kier molecular flexibility index (Phi) is 3.11. The highest BCUT2D eigenvalue weighted by molar-refractivity contribution is 7.09. The van der Waals surface area contributed by atoms with E-state index in [2.05, 4.69) is 40.0 Å². The molecule has 2 atom stereocenters. The second kappa shape index (κ2) is 4.06. The Morgan fingerprint density at radius 3 is 2.53 bits per heavy atom. The van der Waals surface area contributed by atoms with E-state index in [0.717, 1.165) is 6.42 Å². The van der Waals surface area contributed by atoms with Crippen LogP contribution in [0.4, 0.5) is 0 Å². The van der Waals surface area contributed by atoms with Crippen LogP contribution in [0.3, 0.4) is 0 Å². The molecular formula is C14H24N2S. The largest absolute Gasteiger partial charge is 0.327 e. The van der Waals surface area contributed by atoms with Crippen molar-refractivity contribution in [3.63, 3.8) is 0 Å². The molecule has 96 valence electrons. The minimum atomic E-state index is 0.150. The van der Waals surface area contributed by atoms with Gasteiger partial charge < -0.3 is 5.73 Å². The van der Waals surface area contributed by atoms with E-state index >= 15 is 0 Å². The van der Waals surface area contributed by atoms with E-state index in [4.69, 9.17) is 10.7 Å². The molecule has 0 aromatic carbocycles. The van der Waals surface area contributed by atoms with Gasteiger partial charge in [-0.2, -0.15) is 0 Å². The van der Waals surface area contributed by atoms with Crippen molar-refractivity contribution in [3.05, 3.63) is 16.1 Å². The van der Waals surface area contributed by atoms with Crippen molar-refractivity contribution in [1.29, 1.82) is 0 Å². The predicted octanol–water partition coefficient (Wildman–Crippen LogP) is 3.36. The minimum absolute atomic E-state index is 0.150. The van der Waals surface area contributed by atoms with Crippen LogP contribution < -0.4 is 5.73 Å². The van der Waals surface area contributed by atoms with Crippen molar-refractivity contribution in [1.82, 2.24) is 4.98 Å². The summed E-state index contributed by atoms with van der Waals surface area (Å²) < 4.78 is 0. The molecule has 1 heterocycles. The zero-order valence-electron chi connectivity index (χ0n) is 11.6. The summed E-state index contributed by atoms with van der Waals surface area (Å²) in [6, 6.07) is 0.281. The number of nitrogens with zero attached hydrogens (tertiary/aromatic N) is 1. The highest BCUT2D eigenvalue weighted by atomic mass is 32.1. The summed E-state index contributed by atoms with van der Waals surface area (Å²) in [5.41, 5.74) is 8.08. The van der Waals surface area contributed by atoms with Crippen molar-refractivity contribution in [2.24, 2.45) is 17.1 Å². The van der Waals surface area contributed by atoms with E-state index in [1.54, 1.807) is 11.3 Å². The van der Waals surface area contributed by atoms with Crippen molar-refractivity contribution in [2.75, 3.05) is 0 Å². The number of thiazole rings is 1. The molecule has 0 amide bonds. The molecule has 2 nitrogen and oxygen atoms in total. The van der Waals surface area contributed by atoms with Crippen LogP contribution in [0.25, 0.3) is 0 Å². The van der Waals surface area contributed by atoms with Gasteiger partial charge in [0, 0.05) is 23.3 Å². The lowest BCUT2D eigenvalue weighted by molar-refractivity contribution is 0.474. The fourth-order valence-corrected chi connectivity index (χ4v) is 3.43. The fourth-order valence-electron chi connectivity index (χ4n) is 2.33. The average Bonchev–Trinajstić information content (AvgIpc) is 2.60. The SMILES string of the molecule is CC(C)(C)c1csc(CC(N)C2CC2(C)C)n1. The van der Waals surface area contributed by atoms with Crippen molar-refractivity contribution >= 4 is 11.3 Å². The maximum absolute atomic E-state index is 6.27. The molecule has 0 radical (unpaired) electrons. The van der Waals surface area contributed by atoms with E-state index in [9.17, 15) is 0 Å². The van der Waals surface area contributed by atoms with Gasteiger partial charge in [0.1, 0.15) is 0 Å². The molecule has 2 N–H and O–H groups in total. The Bertz CT molecular complexity index is 401. The van der Waals surface area contributed by atoms with Gasteiger partial charge >= 0.3 is 0 Å². The van der Waals surface area contributed by atoms with Crippen LogP contribution in [0.1, 0.15) is 51.7 Å². The van der Waals surface area contributed by atoms with Gasteiger partial charge in [-0.1, -0.05) is 34.6 Å². The van der Waals surface area contributed by atoms with Crippen LogP contribution in [0, 0.1) is 11.3 Å². The molecule has 0 spiro atoms. The first kappa shape index (κ1) is 13.0. The van der Waals surface area contributed by atoms with Crippen molar-refractivity contribution < 1.29 is 0 Å². The third-order valence-corrected chi connectivity index (χ3v) is 4.71. The number of nitrogens with two attached hydrogens (primary N) is 1. The number of hydrogen-bond donors (Lipinski definition) is 1. The molecule has 0 saturated heterocycles. The van der Waals surface area contributed by atoms with Gasteiger partial charge in [-0.05, 0) is 17.8 Å². The summed E-state index contributed by atoms with van der Waals surface area (Å²) >= 11 is 1.76. The summed E-state index contributed by atoms with van der Waals surface area (Å²) in [5.74, 6) is 0.685. The van der Waals surface area contributed by atoms with E-state index in [-0.39, 0.29) is 11.5 Å². The molecule has 1 aromatic rings. The topological polar surface area (TPSA) is 38.9 Å². The van der Waals surface area contributed by atoms with E-state index in [1.165, 1.54) is 17.1 Å². The van der Waals surface area contributed by atoms with Gasteiger partial charge in [0.25, 0.3) is 0 Å². The van der Waals surface area contributed by atoms with Gasteiger partial charge in [0.05, 0.1) is 10.7 Å². The Morgan fingerprint density at radius 2 is 2.12 bits per heavy atom. The fraction of sp³-hybridized carbons (Fsp3) is 0.786. The standard InChI is InChI=1S/C14H24N2S/c1-13(2,3)11-8-17-12(16-11)6-10(15)9-7-14(9,4)5/h8-10H,6-7,15H2,1-5H3. The minimum Gasteiger partial charge on any atom is -0.327 e. The molecule has 2 unspecified atom stereocenters. The molecule has 0 bridgehead atoms. The number of aromatic nitrogens is 1. The Hall–Kier alpha value is -0.410. The molecule has 2 rings (SSSR count). The molecule has 1 aliphatic rings. The lowest BCUT2D eigenvalue weighted by atomic mass is 9.93. The molecule has 17 heavy (non-hydrogen) atoms. The normalized spacial score (nSPS) is 24.7. The van der Waals surface area contributed by atoms with Crippen molar-refractivity contribution in [3.8, 4) is 0 Å². The molecule has 1 saturated carbocycles. The summed E-state index contributed by atoms with van der Waals surface area (Å²) in [6.45, 7) is 11.2. The second-order valence-corrected chi connectivity index (χ2v) is 7.99. The van der Waals surface area contributed by atoms with Gasteiger partial charge in [-0.3, -0.25) is 0 Å². The third kappa shape index (κ3) is 2.89. The van der Waals surface area contributed by atoms with E-state index in [0.29, 0.717) is 11.3 Å². The molecule has 1 aromatic heterocycles. The molecule has 1 aliphatic carbocycles. The summed E-state index contributed by atoms with van der Waals surface area (Å²) in [4.78, 5) is 4.72. The molecule has 1 fully saturated rings. The van der Waals surface area contributed by atoms with Crippen LogP contribution >= 0.6 is 11.3 Å². The van der Waals surface area contributed by atoms with Crippen LogP contribution in [-0.4, -0.2) is 11.0 Å². The van der Waals surface area contributed by atoms with Crippen LogP contribution in [0.15, 0.2) is 5.38 Å². The van der Waals surface area contributed by atoms with Crippen LogP contribution in [0.2, 0.25) is 0 Å². The summed E-state index contributed by atoms with van der Waals surface area (Å²) in [6.07, 6.45) is 2.21. The van der Waals surface area contributed by atoms with E-state index in [1.807, 2.05) is 0 Å². The first-order valence-corrected chi connectivity index (χ1v) is 7.28. The highest BCUT2D eigenvalue weighted by Crippen LogP contribution is 2.53. The molecule has 3 heteroatoms. The van der Waals surface area contributed by atoms with Crippen LogP contribution in [-0.2, 0) is 11.8 Å². The van der Waals surface area contributed by atoms with Crippen LogP contribution in [0.5, 0.6) is 0 Å².